The molecule has 0 saturated heterocycles. The Balaban J connectivity index is 1.41. The van der Waals surface area contributed by atoms with Crippen LogP contribution in [0.2, 0.25) is 0 Å². The van der Waals surface area contributed by atoms with E-state index in [1.54, 1.807) is 0 Å². The van der Waals surface area contributed by atoms with Gasteiger partial charge in [-0.05, 0) is 18.1 Å². The monoisotopic (exact) mass is 460 g/mol. The van der Waals surface area contributed by atoms with Gasteiger partial charge in [-0.25, -0.2) is 5.01 Å². The molecule has 0 fully saturated rings. The van der Waals surface area contributed by atoms with Crippen LogP contribution in [0.3, 0.4) is 0 Å². The van der Waals surface area contributed by atoms with Crippen LogP contribution < -0.4 is 11.1 Å². The predicted octanol–water partition coefficient (Wildman–Crippen LogP) is 4.18. The van der Waals surface area contributed by atoms with E-state index in [2.05, 4.69) is 10.4 Å². The molecular formula is C25H24N4O3S. The molecule has 3 amide bonds. The van der Waals surface area contributed by atoms with Gasteiger partial charge in [0.1, 0.15) is 5.00 Å². The molecule has 0 radical (unpaired) electrons. The summed E-state index contributed by atoms with van der Waals surface area (Å²) >= 11 is 1.30. The lowest BCUT2D eigenvalue weighted by Crippen LogP contribution is -2.25. The second-order valence-corrected chi connectivity index (χ2v) is 8.92. The normalized spacial score (nSPS) is 13.0. The van der Waals surface area contributed by atoms with Gasteiger partial charge >= 0.3 is 0 Å². The molecule has 1 aliphatic rings. The van der Waals surface area contributed by atoms with Crippen molar-refractivity contribution in [2.45, 2.75) is 26.2 Å². The fraction of sp³-hybridized carbons (Fsp3) is 0.200. The van der Waals surface area contributed by atoms with E-state index >= 15 is 0 Å². The molecular weight excluding hydrogens is 436 g/mol. The van der Waals surface area contributed by atoms with Crippen LogP contribution in [-0.4, -0.2) is 35.0 Å². The summed E-state index contributed by atoms with van der Waals surface area (Å²) in [6, 6.07) is 19.2. The number of nitrogens with one attached hydrogen (secondary N) is 1. The van der Waals surface area contributed by atoms with Crippen LogP contribution >= 0.6 is 11.3 Å². The first-order valence-corrected chi connectivity index (χ1v) is 11.5. The van der Waals surface area contributed by atoms with Gasteiger partial charge in [0.15, 0.2) is 0 Å². The molecule has 8 heteroatoms. The molecule has 0 aliphatic carbocycles. The van der Waals surface area contributed by atoms with Gasteiger partial charge < -0.3 is 11.1 Å². The highest BCUT2D eigenvalue weighted by Crippen LogP contribution is 2.39. The number of hydrazone groups is 1. The Morgan fingerprint density at radius 3 is 2.27 bits per heavy atom. The first-order chi connectivity index (χ1) is 15.9. The van der Waals surface area contributed by atoms with Crippen molar-refractivity contribution in [2.75, 3.05) is 11.9 Å². The molecule has 33 heavy (non-hydrogen) atoms. The molecule has 1 aromatic heterocycles. The van der Waals surface area contributed by atoms with E-state index in [0.717, 1.165) is 27.3 Å². The van der Waals surface area contributed by atoms with Gasteiger partial charge in [0, 0.05) is 29.7 Å². The largest absolute Gasteiger partial charge is 0.365 e. The van der Waals surface area contributed by atoms with Crippen molar-refractivity contribution < 1.29 is 14.4 Å². The van der Waals surface area contributed by atoms with E-state index in [1.165, 1.54) is 16.3 Å². The summed E-state index contributed by atoms with van der Waals surface area (Å²) in [5.41, 5.74) is 9.38. The molecule has 2 aromatic carbocycles. The number of hydrogen-bond acceptors (Lipinski definition) is 5. The average Bonchev–Trinajstić information content (AvgIpc) is 3.43. The number of rotatable bonds is 7. The number of amides is 3. The minimum Gasteiger partial charge on any atom is -0.365 e. The lowest BCUT2D eigenvalue weighted by atomic mass is 10.0. The van der Waals surface area contributed by atoms with Crippen molar-refractivity contribution in [2.24, 2.45) is 10.8 Å². The smallest absolute Gasteiger partial charge is 0.252 e. The van der Waals surface area contributed by atoms with Crippen molar-refractivity contribution in [3.63, 3.8) is 0 Å². The van der Waals surface area contributed by atoms with Crippen LogP contribution in [0.5, 0.6) is 0 Å². The number of benzene rings is 2. The maximum Gasteiger partial charge on any atom is 0.252 e. The van der Waals surface area contributed by atoms with Gasteiger partial charge in [-0.1, -0.05) is 60.7 Å². The lowest BCUT2D eigenvalue weighted by Gasteiger charge is -2.11. The van der Waals surface area contributed by atoms with Gasteiger partial charge in [0.05, 0.1) is 17.8 Å². The predicted molar refractivity (Wildman–Crippen MR) is 130 cm³/mol. The highest BCUT2D eigenvalue weighted by molar-refractivity contribution is 7.17. The lowest BCUT2D eigenvalue weighted by molar-refractivity contribution is -0.132. The van der Waals surface area contributed by atoms with Crippen LogP contribution in [0, 0.1) is 6.92 Å². The molecule has 0 bridgehead atoms. The zero-order valence-corrected chi connectivity index (χ0v) is 19.0. The standard InChI is InChI=1S/C25H24N4O3S/c1-16-22(18-10-6-3-7-11-18)23(24(26)32)25(33-16)27-20(30)12-13-21(31)29-15-14-19(28-29)17-8-4-2-5-9-17/h2-11H,12-15H2,1H3,(H2,26,32)(H,27,30). The van der Waals surface area contributed by atoms with Gasteiger partial charge in [-0.15, -0.1) is 11.3 Å². The minimum absolute atomic E-state index is 0.0126. The number of nitrogens with zero attached hydrogens (tertiary/aromatic N) is 2. The van der Waals surface area contributed by atoms with E-state index in [4.69, 9.17) is 5.73 Å². The van der Waals surface area contributed by atoms with E-state index in [-0.39, 0.29) is 24.7 Å². The summed E-state index contributed by atoms with van der Waals surface area (Å²) in [7, 11) is 0. The van der Waals surface area contributed by atoms with Crippen molar-refractivity contribution in [1.29, 1.82) is 0 Å². The van der Waals surface area contributed by atoms with Crippen molar-refractivity contribution >= 4 is 39.8 Å². The third-order valence-corrected chi connectivity index (χ3v) is 6.43. The Morgan fingerprint density at radius 2 is 1.64 bits per heavy atom. The number of thiophene rings is 1. The zero-order valence-electron chi connectivity index (χ0n) is 18.2. The Kier molecular flexibility index (Phi) is 6.65. The highest BCUT2D eigenvalue weighted by Gasteiger charge is 2.24. The first-order valence-electron chi connectivity index (χ1n) is 10.7. The summed E-state index contributed by atoms with van der Waals surface area (Å²) < 4.78 is 0. The number of nitrogens with two attached hydrogens (primary N) is 1. The SMILES string of the molecule is Cc1sc(NC(=O)CCC(=O)N2CCC(c3ccccc3)=N2)c(C(N)=O)c1-c1ccccc1. The summed E-state index contributed by atoms with van der Waals surface area (Å²) in [4.78, 5) is 38.2. The van der Waals surface area contributed by atoms with Crippen LogP contribution in [0.25, 0.3) is 11.1 Å². The van der Waals surface area contributed by atoms with Gasteiger partial charge in [0.25, 0.3) is 5.91 Å². The number of primary amides is 1. The highest BCUT2D eigenvalue weighted by atomic mass is 32.1. The number of hydrogen-bond donors (Lipinski definition) is 2. The van der Waals surface area contributed by atoms with Crippen molar-refractivity contribution in [3.8, 4) is 11.1 Å². The molecule has 0 unspecified atom stereocenters. The van der Waals surface area contributed by atoms with E-state index in [1.807, 2.05) is 67.6 Å². The third-order valence-electron chi connectivity index (χ3n) is 5.41. The molecule has 3 N–H and O–H groups in total. The van der Waals surface area contributed by atoms with Crippen molar-refractivity contribution in [1.82, 2.24) is 5.01 Å². The molecule has 168 valence electrons. The van der Waals surface area contributed by atoms with Crippen LogP contribution in [-0.2, 0) is 9.59 Å². The van der Waals surface area contributed by atoms with Gasteiger partial charge in [0.2, 0.25) is 11.8 Å². The Hall–Kier alpha value is -3.78. The molecule has 0 atom stereocenters. The summed E-state index contributed by atoms with van der Waals surface area (Å²) in [6.45, 7) is 2.38. The molecule has 3 aromatic rings. The number of aryl methyl sites for hydroxylation is 1. The fourth-order valence-electron chi connectivity index (χ4n) is 3.83. The summed E-state index contributed by atoms with van der Waals surface area (Å²) in [5.74, 6) is -1.17. The number of carbonyl (C=O) groups is 3. The molecule has 2 heterocycles. The number of anilines is 1. The first kappa shape index (κ1) is 22.4. The van der Waals surface area contributed by atoms with Crippen LogP contribution in [0.15, 0.2) is 65.8 Å². The second kappa shape index (κ2) is 9.79. The van der Waals surface area contributed by atoms with E-state index in [9.17, 15) is 14.4 Å². The Bertz CT molecular complexity index is 1220. The molecule has 7 nitrogen and oxygen atoms in total. The summed E-state index contributed by atoms with van der Waals surface area (Å²) in [6.07, 6.45) is 0.696. The third kappa shape index (κ3) is 5.01. The average molecular weight is 461 g/mol. The zero-order chi connectivity index (χ0) is 23.4. The maximum absolute atomic E-state index is 12.6. The quantitative estimate of drug-likeness (QED) is 0.553. The van der Waals surface area contributed by atoms with Crippen LogP contribution in [0.4, 0.5) is 5.00 Å². The van der Waals surface area contributed by atoms with Crippen molar-refractivity contribution in [3.05, 3.63) is 76.7 Å². The Labute approximate surface area is 195 Å². The van der Waals surface area contributed by atoms with E-state index < -0.39 is 5.91 Å². The van der Waals surface area contributed by atoms with E-state index in [0.29, 0.717) is 23.5 Å². The summed E-state index contributed by atoms with van der Waals surface area (Å²) in [5, 5.41) is 9.02. The molecule has 0 spiro atoms. The second-order valence-electron chi connectivity index (χ2n) is 7.70. The Morgan fingerprint density at radius 1 is 1.00 bits per heavy atom. The minimum atomic E-state index is -0.607. The van der Waals surface area contributed by atoms with Gasteiger partial charge in [-0.3, -0.25) is 14.4 Å². The maximum atomic E-state index is 12.6. The van der Waals surface area contributed by atoms with Crippen LogP contribution in [0.1, 0.15) is 40.1 Å². The van der Waals surface area contributed by atoms with Gasteiger partial charge in [-0.2, -0.15) is 5.10 Å². The molecule has 0 saturated carbocycles. The topological polar surface area (TPSA) is 105 Å². The molecule has 1 aliphatic heterocycles. The number of carbonyl (C=O) groups excluding carboxylic acids is 3. The fourth-order valence-corrected chi connectivity index (χ4v) is 4.93. The molecule has 4 rings (SSSR count).